The number of aromatic nitrogens is 2. The maximum absolute atomic E-state index is 13.1. The summed E-state index contributed by atoms with van der Waals surface area (Å²) in [6.07, 6.45) is 2.95. The van der Waals surface area contributed by atoms with Crippen LogP contribution in [0.25, 0.3) is 0 Å². The van der Waals surface area contributed by atoms with Gasteiger partial charge in [0.1, 0.15) is 17.4 Å². The number of ether oxygens (including phenoxy) is 1. The lowest BCUT2D eigenvalue weighted by Gasteiger charge is -2.08. The van der Waals surface area contributed by atoms with Gasteiger partial charge in [0.15, 0.2) is 6.73 Å². The van der Waals surface area contributed by atoms with Crippen molar-refractivity contribution >= 4 is 29.0 Å². The van der Waals surface area contributed by atoms with Crippen LogP contribution in [0.3, 0.4) is 0 Å². The number of nitrogens with zero attached hydrogens (tertiary/aromatic N) is 2. The molecule has 0 aliphatic carbocycles. The van der Waals surface area contributed by atoms with Crippen molar-refractivity contribution in [3.63, 3.8) is 0 Å². The van der Waals surface area contributed by atoms with Crippen molar-refractivity contribution in [1.29, 1.82) is 0 Å². The number of benzene rings is 2. The molecule has 134 valence electrons. The Bertz CT molecular complexity index is 933. The molecule has 0 unspecified atom stereocenters. The third-order valence-corrected chi connectivity index (χ3v) is 3.52. The van der Waals surface area contributed by atoms with Crippen LogP contribution in [-0.2, 0) is 6.73 Å². The van der Waals surface area contributed by atoms with E-state index in [1.54, 1.807) is 6.07 Å². The van der Waals surface area contributed by atoms with E-state index in [0.717, 1.165) is 6.07 Å². The topological polar surface area (TPSA) is 68.2 Å². The molecule has 3 aromatic rings. The van der Waals surface area contributed by atoms with Crippen molar-refractivity contribution in [3.05, 3.63) is 71.5 Å². The summed E-state index contributed by atoms with van der Waals surface area (Å²) in [6, 6.07) is 8.76. The van der Waals surface area contributed by atoms with Crippen molar-refractivity contribution in [2.75, 3.05) is 10.6 Å². The van der Waals surface area contributed by atoms with Gasteiger partial charge in [0.25, 0.3) is 0 Å². The Labute approximate surface area is 152 Å². The maximum Gasteiger partial charge on any atom is 0.323 e. The lowest BCUT2D eigenvalue weighted by Crippen LogP contribution is -2.19. The molecule has 2 N–H and O–H groups in total. The standard InChI is InChI=1S/C17H13ClF2N4O2/c18-15-7-12(20)4-5-16(15)26-10-24-9-14(8-21-24)23-17(25)22-13-3-1-2-11(19)6-13/h1-9H,10H2,(H2,22,23,25). The Kier molecular flexibility index (Phi) is 5.33. The van der Waals surface area contributed by atoms with Crippen LogP contribution in [0.4, 0.5) is 25.0 Å². The van der Waals surface area contributed by atoms with Gasteiger partial charge in [0.2, 0.25) is 0 Å². The molecule has 1 aromatic heterocycles. The number of urea groups is 1. The number of hydrogen-bond donors (Lipinski definition) is 2. The average Bonchev–Trinajstić information content (AvgIpc) is 3.01. The molecule has 2 amide bonds. The molecule has 9 heteroatoms. The minimum atomic E-state index is -0.544. The van der Waals surface area contributed by atoms with E-state index in [4.69, 9.17) is 16.3 Å². The van der Waals surface area contributed by atoms with E-state index in [9.17, 15) is 13.6 Å². The molecule has 0 saturated heterocycles. The maximum atomic E-state index is 13.1. The van der Waals surface area contributed by atoms with Crippen LogP contribution in [0.15, 0.2) is 54.9 Å². The Morgan fingerprint density at radius 3 is 2.65 bits per heavy atom. The van der Waals surface area contributed by atoms with Gasteiger partial charge < -0.3 is 15.4 Å². The molecule has 0 aliphatic heterocycles. The average molecular weight is 379 g/mol. The van der Waals surface area contributed by atoms with E-state index in [-0.39, 0.29) is 11.8 Å². The number of hydrogen-bond acceptors (Lipinski definition) is 3. The molecule has 1 heterocycles. The summed E-state index contributed by atoms with van der Waals surface area (Å²) in [5.41, 5.74) is 0.733. The van der Waals surface area contributed by atoms with Crippen LogP contribution in [0.2, 0.25) is 5.02 Å². The summed E-state index contributed by atoms with van der Waals surface area (Å²) >= 11 is 5.87. The van der Waals surface area contributed by atoms with E-state index < -0.39 is 17.7 Å². The molecular formula is C17H13ClF2N4O2. The van der Waals surface area contributed by atoms with Gasteiger partial charge in [-0.1, -0.05) is 17.7 Å². The highest BCUT2D eigenvalue weighted by Gasteiger charge is 2.07. The Balaban J connectivity index is 1.55. The molecule has 26 heavy (non-hydrogen) atoms. The zero-order valence-electron chi connectivity index (χ0n) is 13.2. The molecule has 0 saturated carbocycles. The first-order valence-electron chi connectivity index (χ1n) is 7.43. The minimum Gasteiger partial charge on any atom is -0.470 e. The SMILES string of the molecule is O=C(Nc1cccc(F)c1)Nc1cnn(COc2ccc(F)cc2Cl)c1. The Morgan fingerprint density at radius 2 is 1.88 bits per heavy atom. The number of carbonyl (C=O) groups excluding carboxylic acids is 1. The fraction of sp³-hybridized carbons (Fsp3) is 0.0588. The first-order valence-corrected chi connectivity index (χ1v) is 7.81. The van der Waals surface area contributed by atoms with E-state index in [0.29, 0.717) is 17.1 Å². The van der Waals surface area contributed by atoms with Crippen molar-refractivity contribution in [3.8, 4) is 5.75 Å². The number of rotatable bonds is 5. The van der Waals surface area contributed by atoms with Crippen molar-refractivity contribution in [1.82, 2.24) is 9.78 Å². The molecule has 3 rings (SSSR count). The number of anilines is 2. The van der Waals surface area contributed by atoms with Crippen LogP contribution in [0, 0.1) is 11.6 Å². The molecule has 0 bridgehead atoms. The first kappa shape index (κ1) is 17.7. The summed E-state index contributed by atoms with van der Waals surface area (Å²) in [6.45, 7) is 0.0124. The Morgan fingerprint density at radius 1 is 1.12 bits per heavy atom. The molecule has 0 radical (unpaired) electrons. The van der Waals surface area contributed by atoms with Crippen molar-refractivity contribution in [2.24, 2.45) is 0 Å². The second-order valence-electron chi connectivity index (χ2n) is 5.21. The minimum absolute atomic E-state index is 0.0124. The van der Waals surface area contributed by atoms with Crippen LogP contribution in [0.1, 0.15) is 0 Å². The molecule has 0 aliphatic rings. The number of carbonyl (C=O) groups is 1. The quantitative estimate of drug-likeness (QED) is 0.687. The van der Waals surface area contributed by atoms with Gasteiger partial charge in [0.05, 0.1) is 23.1 Å². The molecular weight excluding hydrogens is 366 g/mol. The second-order valence-corrected chi connectivity index (χ2v) is 5.61. The highest BCUT2D eigenvalue weighted by atomic mass is 35.5. The zero-order chi connectivity index (χ0) is 18.5. The van der Waals surface area contributed by atoms with Gasteiger partial charge in [0, 0.05) is 5.69 Å². The van der Waals surface area contributed by atoms with E-state index in [2.05, 4.69) is 15.7 Å². The fourth-order valence-corrected chi connectivity index (χ4v) is 2.31. The smallest absolute Gasteiger partial charge is 0.323 e. The lowest BCUT2D eigenvalue weighted by atomic mass is 10.3. The van der Waals surface area contributed by atoms with Crippen LogP contribution in [-0.4, -0.2) is 15.8 Å². The monoisotopic (exact) mass is 378 g/mol. The van der Waals surface area contributed by atoms with Gasteiger partial charge in [-0.05, 0) is 36.4 Å². The highest BCUT2D eigenvalue weighted by molar-refractivity contribution is 6.32. The number of halogens is 3. The van der Waals surface area contributed by atoms with Crippen LogP contribution in [0.5, 0.6) is 5.75 Å². The Hall–Kier alpha value is -3.13. The van der Waals surface area contributed by atoms with E-state index in [1.807, 2.05) is 0 Å². The normalized spacial score (nSPS) is 10.4. The summed E-state index contributed by atoms with van der Waals surface area (Å²) in [7, 11) is 0. The summed E-state index contributed by atoms with van der Waals surface area (Å²) in [5, 5.41) is 9.23. The second kappa shape index (κ2) is 7.83. The number of nitrogens with one attached hydrogen (secondary N) is 2. The fourth-order valence-electron chi connectivity index (χ4n) is 2.09. The third-order valence-electron chi connectivity index (χ3n) is 3.22. The summed E-state index contributed by atoms with van der Waals surface area (Å²) in [5.74, 6) is -0.605. The summed E-state index contributed by atoms with van der Waals surface area (Å²) in [4.78, 5) is 11.9. The molecule has 0 spiro atoms. The zero-order valence-corrected chi connectivity index (χ0v) is 14.0. The molecule has 2 aromatic carbocycles. The predicted molar refractivity (Wildman–Crippen MR) is 93.3 cm³/mol. The van der Waals surface area contributed by atoms with Crippen LogP contribution < -0.4 is 15.4 Å². The largest absolute Gasteiger partial charge is 0.470 e. The van der Waals surface area contributed by atoms with E-state index >= 15 is 0 Å². The summed E-state index contributed by atoms with van der Waals surface area (Å²) < 4.78 is 32.9. The van der Waals surface area contributed by atoms with Crippen molar-refractivity contribution in [2.45, 2.75) is 6.73 Å². The predicted octanol–water partition coefficient (Wildman–Crippen LogP) is 4.50. The van der Waals surface area contributed by atoms with Crippen molar-refractivity contribution < 1.29 is 18.3 Å². The highest BCUT2D eigenvalue weighted by Crippen LogP contribution is 2.25. The van der Waals surface area contributed by atoms with Gasteiger partial charge in [-0.15, -0.1) is 0 Å². The van der Waals surface area contributed by atoms with Gasteiger partial charge in [-0.2, -0.15) is 5.10 Å². The first-order chi connectivity index (χ1) is 12.5. The lowest BCUT2D eigenvalue weighted by molar-refractivity contribution is 0.221. The van der Waals surface area contributed by atoms with E-state index in [1.165, 1.54) is 47.4 Å². The number of amides is 2. The molecule has 0 fully saturated rings. The molecule has 6 nitrogen and oxygen atoms in total. The van der Waals surface area contributed by atoms with Gasteiger partial charge >= 0.3 is 6.03 Å². The van der Waals surface area contributed by atoms with Gasteiger partial charge in [-0.25, -0.2) is 18.3 Å². The van der Waals surface area contributed by atoms with Crippen LogP contribution >= 0.6 is 11.6 Å². The van der Waals surface area contributed by atoms with Gasteiger partial charge in [-0.3, -0.25) is 0 Å². The molecule has 0 atom stereocenters. The third kappa shape index (κ3) is 4.70.